The largest absolute Gasteiger partial charge is 0.280 e. The van der Waals surface area contributed by atoms with Gasteiger partial charge in [-0.25, -0.2) is 8.42 Å². The second-order valence-electron chi connectivity index (χ2n) is 4.20. The Kier molecular flexibility index (Phi) is 4.64. The number of hydrogen-bond donors (Lipinski definition) is 1. The van der Waals surface area contributed by atoms with Gasteiger partial charge in [-0.2, -0.15) is 0 Å². The van der Waals surface area contributed by atoms with Gasteiger partial charge in [0.05, 0.1) is 10.7 Å². The molecule has 0 heterocycles. The lowest BCUT2D eigenvalue weighted by Gasteiger charge is -2.11. The van der Waals surface area contributed by atoms with E-state index in [0.29, 0.717) is 10.7 Å². The van der Waals surface area contributed by atoms with Crippen molar-refractivity contribution >= 4 is 54.8 Å². The number of aryl methyl sites for hydroxylation is 1. The molecule has 0 aliphatic rings. The quantitative estimate of drug-likeness (QED) is 0.807. The molecule has 0 aromatic heterocycles. The molecule has 0 bridgehead atoms. The minimum absolute atomic E-state index is 0.0516. The van der Waals surface area contributed by atoms with Crippen LogP contribution in [0.4, 0.5) is 5.69 Å². The van der Waals surface area contributed by atoms with E-state index in [0.717, 1.165) is 10.0 Å². The third-order valence-corrected chi connectivity index (χ3v) is 5.03. The van der Waals surface area contributed by atoms with Crippen LogP contribution in [-0.4, -0.2) is 8.42 Å². The van der Waals surface area contributed by atoms with Crippen LogP contribution in [0.2, 0.25) is 10.0 Å². The van der Waals surface area contributed by atoms with Crippen molar-refractivity contribution in [1.29, 1.82) is 0 Å². The predicted molar refractivity (Wildman–Crippen MR) is 86.1 cm³/mol. The number of hydrogen-bond acceptors (Lipinski definition) is 2. The maximum Gasteiger partial charge on any atom is 0.263 e. The van der Waals surface area contributed by atoms with Gasteiger partial charge in [0, 0.05) is 9.50 Å². The van der Waals surface area contributed by atoms with Crippen LogP contribution >= 0.6 is 39.1 Å². The van der Waals surface area contributed by atoms with Gasteiger partial charge in [0.2, 0.25) is 0 Å². The molecule has 2 aromatic rings. The van der Waals surface area contributed by atoms with Crippen LogP contribution in [0.15, 0.2) is 45.8 Å². The highest BCUT2D eigenvalue weighted by molar-refractivity contribution is 9.10. The Bertz CT molecular complexity index is 743. The number of anilines is 1. The van der Waals surface area contributed by atoms with Crippen LogP contribution in [0.25, 0.3) is 0 Å². The fourth-order valence-corrected chi connectivity index (χ4v) is 4.10. The normalized spacial score (nSPS) is 11.4. The van der Waals surface area contributed by atoms with Crippen LogP contribution < -0.4 is 4.72 Å². The smallest absolute Gasteiger partial charge is 0.263 e. The van der Waals surface area contributed by atoms with Crippen molar-refractivity contribution in [3.63, 3.8) is 0 Å². The monoisotopic (exact) mass is 393 g/mol. The molecule has 7 heteroatoms. The van der Waals surface area contributed by atoms with E-state index in [-0.39, 0.29) is 9.92 Å². The molecule has 0 aliphatic carbocycles. The second kappa shape index (κ2) is 5.93. The number of nitrogens with one attached hydrogen (secondary N) is 1. The summed E-state index contributed by atoms with van der Waals surface area (Å²) in [4.78, 5) is -0.0516. The van der Waals surface area contributed by atoms with E-state index >= 15 is 0 Å². The molecule has 0 atom stereocenters. The van der Waals surface area contributed by atoms with E-state index in [9.17, 15) is 8.42 Å². The van der Waals surface area contributed by atoms with Gasteiger partial charge >= 0.3 is 0 Å². The third-order valence-electron chi connectivity index (χ3n) is 2.48. The summed E-state index contributed by atoms with van der Waals surface area (Å²) in [5.74, 6) is 0. The van der Waals surface area contributed by atoms with Crippen molar-refractivity contribution in [2.45, 2.75) is 11.8 Å². The molecule has 0 fully saturated rings. The van der Waals surface area contributed by atoms with Gasteiger partial charge in [-0.15, -0.1) is 0 Å². The first-order valence-corrected chi connectivity index (χ1v) is 8.56. The molecular weight excluding hydrogens is 385 g/mol. The van der Waals surface area contributed by atoms with E-state index in [2.05, 4.69) is 20.7 Å². The van der Waals surface area contributed by atoms with Gasteiger partial charge in [-0.05, 0) is 48.9 Å². The zero-order valence-corrected chi connectivity index (χ0v) is 14.2. The van der Waals surface area contributed by atoms with Crippen molar-refractivity contribution < 1.29 is 8.42 Å². The van der Waals surface area contributed by atoms with E-state index in [4.69, 9.17) is 23.2 Å². The summed E-state index contributed by atoms with van der Waals surface area (Å²) in [6.45, 7) is 1.87. The van der Waals surface area contributed by atoms with Crippen molar-refractivity contribution in [2.75, 3.05) is 4.72 Å². The lowest BCUT2D eigenvalue weighted by molar-refractivity contribution is 0.601. The Labute approximate surface area is 136 Å². The SMILES string of the molecule is Cc1cc(Br)cc(NS(=O)(=O)c2cc(Cl)ccc2Cl)c1. The average molecular weight is 395 g/mol. The first-order valence-electron chi connectivity index (χ1n) is 5.53. The number of halogens is 3. The zero-order chi connectivity index (χ0) is 14.9. The van der Waals surface area contributed by atoms with Crippen LogP contribution in [0.3, 0.4) is 0 Å². The topological polar surface area (TPSA) is 46.2 Å². The standard InChI is InChI=1S/C13H10BrCl2NO2S/c1-8-4-9(14)6-11(5-8)17-20(18,19)13-7-10(15)2-3-12(13)16/h2-7,17H,1H3. The van der Waals surface area contributed by atoms with Gasteiger partial charge in [-0.3, -0.25) is 4.72 Å². The lowest BCUT2D eigenvalue weighted by atomic mass is 10.2. The van der Waals surface area contributed by atoms with Crippen molar-refractivity contribution in [2.24, 2.45) is 0 Å². The molecule has 0 spiro atoms. The van der Waals surface area contributed by atoms with Crippen molar-refractivity contribution in [1.82, 2.24) is 0 Å². The molecule has 2 aromatic carbocycles. The molecular formula is C13H10BrCl2NO2S. The molecule has 0 saturated heterocycles. The Hall–Kier alpha value is -0.750. The zero-order valence-electron chi connectivity index (χ0n) is 10.3. The van der Waals surface area contributed by atoms with Crippen molar-refractivity contribution in [3.05, 3.63) is 56.5 Å². The summed E-state index contributed by atoms with van der Waals surface area (Å²) in [6.07, 6.45) is 0. The summed E-state index contributed by atoms with van der Waals surface area (Å²) in [6, 6.07) is 9.57. The van der Waals surface area contributed by atoms with Gasteiger partial charge in [0.15, 0.2) is 0 Å². The molecule has 1 N–H and O–H groups in total. The number of sulfonamides is 1. The molecule has 20 heavy (non-hydrogen) atoms. The molecule has 0 radical (unpaired) electrons. The Morgan fingerprint density at radius 1 is 1.10 bits per heavy atom. The second-order valence-corrected chi connectivity index (χ2v) is 7.61. The Balaban J connectivity index is 2.43. The molecule has 3 nitrogen and oxygen atoms in total. The summed E-state index contributed by atoms with van der Waals surface area (Å²) < 4.78 is 27.9. The van der Waals surface area contributed by atoms with Gasteiger partial charge in [0.1, 0.15) is 4.90 Å². The first-order chi connectivity index (χ1) is 9.28. The van der Waals surface area contributed by atoms with E-state index in [1.165, 1.54) is 18.2 Å². The predicted octanol–water partition coefficient (Wildman–Crippen LogP) is 4.87. The summed E-state index contributed by atoms with van der Waals surface area (Å²) in [5.41, 5.74) is 1.38. The average Bonchev–Trinajstić information content (AvgIpc) is 2.30. The highest BCUT2D eigenvalue weighted by Crippen LogP contribution is 2.28. The number of rotatable bonds is 3. The molecule has 2 rings (SSSR count). The number of benzene rings is 2. The molecule has 0 unspecified atom stereocenters. The fourth-order valence-electron chi connectivity index (χ4n) is 1.69. The first kappa shape index (κ1) is 15.6. The van der Waals surface area contributed by atoms with Crippen LogP contribution in [-0.2, 0) is 10.0 Å². The minimum Gasteiger partial charge on any atom is -0.280 e. The van der Waals surface area contributed by atoms with Gasteiger partial charge in [-0.1, -0.05) is 39.1 Å². The summed E-state index contributed by atoms with van der Waals surface area (Å²) >= 11 is 15.1. The van der Waals surface area contributed by atoms with Crippen molar-refractivity contribution in [3.8, 4) is 0 Å². The maximum atomic E-state index is 12.3. The molecule has 0 saturated carbocycles. The maximum absolute atomic E-state index is 12.3. The Morgan fingerprint density at radius 3 is 2.45 bits per heavy atom. The highest BCUT2D eigenvalue weighted by Gasteiger charge is 2.18. The highest BCUT2D eigenvalue weighted by atomic mass is 79.9. The third kappa shape index (κ3) is 3.67. The van der Waals surface area contributed by atoms with Crippen LogP contribution in [0.1, 0.15) is 5.56 Å². The molecule has 106 valence electrons. The summed E-state index contributed by atoms with van der Waals surface area (Å²) in [7, 11) is -3.79. The fraction of sp³-hybridized carbons (Fsp3) is 0.0769. The van der Waals surface area contributed by atoms with E-state index in [1.807, 2.05) is 13.0 Å². The molecule has 0 aliphatic heterocycles. The van der Waals surface area contributed by atoms with Gasteiger partial charge in [0.25, 0.3) is 10.0 Å². The molecule has 0 amide bonds. The van der Waals surface area contributed by atoms with E-state index < -0.39 is 10.0 Å². The van der Waals surface area contributed by atoms with Gasteiger partial charge < -0.3 is 0 Å². The van der Waals surface area contributed by atoms with Crippen LogP contribution in [0, 0.1) is 6.92 Å². The van der Waals surface area contributed by atoms with E-state index in [1.54, 1.807) is 12.1 Å². The lowest BCUT2D eigenvalue weighted by Crippen LogP contribution is -2.13. The Morgan fingerprint density at radius 2 is 1.80 bits per heavy atom. The summed E-state index contributed by atoms with van der Waals surface area (Å²) in [5, 5.41) is 0.425. The van der Waals surface area contributed by atoms with Crippen LogP contribution in [0.5, 0.6) is 0 Å². The minimum atomic E-state index is -3.79.